The maximum absolute atomic E-state index is 12.9. The van der Waals surface area contributed by atoms with Crippen molar-refractivity contribution < 1.29 is 27.8 Å². The van der Waals surface area contributed by atoms with E-state index in [1.165, 1.54) is 23.5 Å². The summed E-state index contributed by atoms with van der Waals surface area (Å²) in [5.74, 6) is -0.263. The number of aromatic nitrogens is 2. The van der Waals surface area contributed by atoms with Gasteiger partial charge in [-0.25, -0.2) is 9.78 Å². The van der Waals surface area contributed by atoms with Crippen LogP contribution in [0.15, 0.2) is 54.7 Å². The molecule has 4 rings (SSSR count). The maximum atomic E-state index is 12.9. The predicted molar refractivity (Wildman–Crippen MR) is 130 cm³/mol. The highest BCUT2D eigenvalue weighted by atomic mass is 32.1. The number of aryl methyl sites for hydroxylation is 1. The van der Waals surface area contributed by atoms with Gasteiger partial charge in [-0.1, -0.05) is 25.5 Å². The Kier molecular flexibility index (Phi) is 7.16. The van der Waals surface area contributed by atoms with Crippen LogP contribution >= 0.6 is 11.3 Å². The molecular weight excluding hydrogens is 477 g/mol. The SMILES string of the molecule is CCCCc1nc(-c2ccc(C(F)(F)F)cc2)sc1COc1ccc2c(ccn2C(C)C(=O)O)c1. The van der Waals surface area contributed by atoms with Gasteiger partial charge in [-0.3, -0.25) is 0 Å². The first-order valence-electron chi connectivity index (χ1n) is 11.3. The van der Waals surface area contributed by atoms with E-state index in [-0.39, 0.29) is 6.61 Å². The summed E-state index contributed by atoms with van der Waals surface area (Å²) in [6.45, 7) is 4.00. The first-order valence-corrected chi connectivity index (χ1v) is 12.1. The Balaban J connectivity index is 1.55. The van der Waals surface area contributed by atoms with Gasteiger partial charge < -0.3 is 14.4 Å². The molecule has 5 nitrogen and oxygen atoms in total. The number of aliphatic carboxylic acids is 1. The van der Waals surface area contributed by atoms with E-state index >= 15 is 0 Å². The molecule has 1 atom stereocenters. The monoisotopic (exact) mass is 502 g/mol. The molecule has 0 fully saturated rings. The standard InChI is InChI=1S/C26H25F3N2O3S/c1-3-4-5-21-23(35-24(30-21)17-6-8-19(9-7-17)26(27,28)29)15-34-20-10-11-22-18(14-20)12-13-31(22)16(2)25(32)33/h6-14,16H,3-5,15H2,1-2H3,(H,32,33). The lowest BCUT2D eigenvalue weighted by Crippen LogP contribution is -2.14. The molecule has 0 saturated heterocycles. The van der Waals surface area contributed by atoms with Crippen LogP contribution in [0, 0.1) is 0 Å². The lowest BCUT2D eigenvalue weighted by molar-refractivity contribution is -0.140. The Hall–Kier alpha value is -3.33. The van der Waals surface area contributed by atoms with Gasteiger partial charge in [-0.05, 0) is 56.2 Å². The summed E-state index contributed by atoms with van der Waals surface area (Å²) < 4.78 is 46.5. The van der Waals surface area contributed by atoms with Gasteiger partial charge in [-0.15, -0.1) is 11.3 Å². The van der Waals surface area contributed by atoms with Gasteiger partial charge in [0, 0.05) is 22.7 Å². The van der Waals surface area contributed by atoms with Crippen LogP contribution in [0.4, 0.5) is 13.2 Å². The molecule has 0 aliphatic carbocycles. The van der Waals surface area contributed by atoms with Gasteiger partial charge in [0.05, 0.1) is 16.1 Å². The third kappa shape index (κ3) is 5.51. The number of carbonyl (C=O) groups is 1. The molecule has 0 bridgehead atoms. The number of hydrogen-bond acceptors (Lipinski definition) is 4. The first kappa shape index (κ1) is 24.8. The van der Waals surface area contributed by atoms with E-state index in [2.05, 4.69) is 6.92 Å². The van der Waals surface area contributed by atoms with Gasteiger partial charge in [0.25, 0.3) is 0 Å². The Morgan fingerprint density at radius 3 is 2.57 bits per heavy atom. The number of ether oxygens (including phenoxy) is 1. The quantitative estimate of drug-likeness (QED) is 0.260. The molecule has 35 heavy (non-hydrogen) atoms. The second-order valence-electron chi connectivity index (χ2n) is 8.31. The fourth-order valence-corrected chi connectivity index (χ4v) is 4.82. The van der Waals surface area contributed by atoms with Crippen LogP contribution < -0.4 is 4.74 Å². The van der Waals surface area contributed by atoms with Crippen molar-refractivity contribution in [3.63, 3.8) is 0 Å². The Morgan fingerprint density at radius 1 is 1.17 bits per heavy atom. The lowest BCUT2D eigenvalue weighted by atomic mass is 10.1. The Labute approximate surface area is 204 Å². The number of benzene rings is 2. The first-order chi connectivity index (χ1) is 16.7. The Morgan fingerprint density at radius 2 is 1.91 bits per heavy atom. The van der Waals surface area contributed by atoms with E-state index in [1.54, 1.807) is 23.8 Å². The van der Waals surface area contributed by atoms with Gasteiger partial charge in [0.1, 0.15) is 23.4 Å². The van der Waals surface area contributed by atoms with Crippen LogP contribution in [0.2, 0.25) is 0 Å². The zero-order chi connectivity index (χ0) is 25.2. The van der Waals surface area contributed by atoms with Gasteiger partial charge >= 0.3 is 12.1 Å². The molecule has 0 radical (unpaired) electrons. The highest BCUT2D eigenvalue weighted by Gasteiger charge is 2.30. The zero-order valence-electron chi connectivity index (χ0n) is 19.3. The van der Waals surface area contributed by atoms with Crippen LogP contribution in [0.25, 0.3) is 21.5 Å². The molecule has 2 heterocycles. The molecule has 2 aromatic carbocycles. The van der Waals surface area contributed by atoms with Gasteiger partial charge in [0.15, 0.2) is 0 Å². The summed E-state index contributed by atoms with van der Waals surface area (Å²) in [5.41, 5.74) is 1.66. The van der Waals surface area contributed by atoms with Crippen molar-refractivity contribution in [1.82, 2.24) is 9.55 Å². The second kappa shape index (κ2) is 10.1. The number of alkyl halides is 3. The highest BCUT2D eigenvalue weighted by Crippen LogP contribution is 2.34. The van der Waals surface area contributed by atoms with Crippen LogP contribution in [0.1, 0.15) is 48.9 Å². The number of rotatable bonds is 9. The minimum Gasteiger partial charge on any atom is -0.488 e. The topological polar surface area (TPSA) is 64.4 Å². The molecule has 4 aromatic rings. The molecule has 9 heteroatoms. The van der Waals surface area contributed by atoms with Crippen LogP contribution in [-0.2, 0) is 24.0 Å². The number of carboxylic acids is 1. The summed E-state index contributed by atoms with van der Waals surface area (Å²) in [4.78, 5) is 17.0. The minimum atomic E-state index is -4.37. The molecule has 0 aliphatic rings. The maximum Gasteiger partial charge on any atom is 0.416 e. The number of halogens is 3. The summed E-state index contributed by atoms with van der Waals surface area (Å²) >= 11 is 1.42. The van der Waals surface area contributed by atoms with E-state index in [0.29, 0.717) is 16.3 Å². The third-order valence-electron chi connectivity index (χ3n) is 5.84. The molecular formula is C26H25F3N2O3S. The van der Waals surface area contributed by atoms with Crippen molar-refractivity contribution in [1.29, 1.82) is 0 Å². The number of nitrogens with zero attached hydrogens (tertiary/aromatic N) is 2. The molecule has 2 aromatic heterocycles. The minimum absolute atomic E-state index is 0.287. The number of carboxylic acid groups (broad SMARTS) is 1. The molecule has 0 amide bonds. The van der Waals surface area contributed by atoms with Crippen LogP contribution in [0.3, 0.4) is 0 Å². The number of fused-ring (bicyclic) bond motifs is 1. The third-order valence-corrected chi connectivity index (χ3v) is 6.96. The average Bonchev–Trinajstić information content (AvgIpc) is 3.44. The highest BCUT2D eigenvalue weighted by molar-refractivity contribution is 7.15. The van der Waals surface area contributed by atoms with Gasteiger partial charge in [-0.2, -0.15) is 13.2 Å². The van der Waals surface area contributed by atoms with Gasteiger partial charge in [0.2, 0.25) is 0 Å². The fraction of sp³-hybridized carbons (Fsp3) is 0.308. The largest absolute Gasteiger partial charge is 0.488 e. The summed E-state index contributed by atoms with van der Waals surface area (Å²) in [7, 11) is 0. The van der Waals surface area contributed by atoms with E-state index < -0.39 is 23.8 Å². The number of thiazole rings is 1. The summed E-state index contributed by atoms with van der Waals surface area (Å²) in [5, 5.41) is 10.8. The number of hydrogen-bond donors (Lipinski definition) is 1. The zero-order valence-corrected chi connectivity index (χ0v) is 20.1. The van der Waals surface area contributed by atoms with E-state index in [9.17, 15) is 23.1 Å². The van der Waals surface area contributed by atoms with Crippen molar-refractivity contribution in [3.8, 4) is 16.3 Å². The van der Waals surface area contributed by atoms with Crippen molar-refractivity contribution in [2.45, 2.75) is 51.9 Å². The van der Waals surface area contributed by atoms with Crippen LogP contribution in [-0.4, -0.2) is 20.6 Å². The normalized spacial score (nSPS) is 12.7. The van der Waals surface area contributed by atoms with E-state index in [0.717, 1.165) is 52.9 Å². The molecule has 1 unspecified atom stereocenters. The molecule has 0 aliphatic heterocycles. The summed E-state index contributed by atoms with van der Waals surface area (Å²) in [6, 6.07) is 11.7. The van der Waals surface area contributed by atoms with Crippen molar-refractivity contribution in [3.05, 3.63) is 70.9 Å². The molecule has 0 spiro atoms. The molecule has 184 valence electrons. The Bertz CT molecular complexity index is 1330. The van der Waals surface area contributed by atoms with Crippen molar-refractivity contribution >= 4 is 28.2 Å². The number of unbranched alkanes of at least 4 members (excludes halogenated alkanes) is 1. The van der Waals surface area contributed by atoms with Crippen molar-refractivity contribution in [2.75, 3.05) is 0 Å². The van der Waals surface area contributed by atoms with E-state index in [4.69, 9.17) is 9.72 Å². The fourth-order valence-electron chi connectivity index (χ4n) is 3.80. The predicted octanol–water partition coefficient (Wildman–Crippen LogP) is 7.35. The van der Waals surface area contributed by atoms with E-state index in [1.807, 2.05) is 18.2 Å². The lowest BCUT2D eigenvalue weighted by Gasteiger charge is -2.11. The molecule has 1 N–H and O–H groups in total. The second-order valence-corrected chi connectivity index (χ2v) is 9.40. The average molecular weight is 503 g/mol. The molecule has 0 saturated carbocycles. The summed E-state index contributed by atoms with van der Waals surface area (Å²) in [6.07, 6.45) is 0.0810. The smallest absolute Gasteiger partial charge is 0.416 e. The van der Waals surface area contributed by atoms with Crippen LogP contribution in [0.5, 0.6) is 5.75 Å². The van der Waals surface area contributed by atoms with Crippen molar-refractivity contribution in [2.24, 2.45) is 0 Å².